The molecule has 2 aromatic rings. The first kappa shape index (κ1) is 36.3. The summed E-state index contributed by atoms with van der Waals surface area (Å²) >= 11 is 0. The van der Waals surface area contributed by atoms with Crippen molar-refractivity contribution in [1.29, 1.82) is 0 Å². The first-order valence-electron chi connectivity index (χ1n) is 16.0. The quantitative estimate of drug-likeness (QED) is 0.119. The maximum Gasteiger partial charge on any atom is 0.294 e. The molecular formula is C35H59NO3S. The zero-order chi connectivity index (χ0) is 29.5. The third kappa shape index (κ3) is 19.4. The van der Waals surface area contributed by atoms with Crippen molar-refractivity contribution < 1.29 is 13.0 Å². The number of nitrogens with zero attached hydrogens (tertiary/aromatic N) is 1. The molecule has 0 saturated carbocycles. The number of benzene rings is 2. The van der Waals surface area contributed by atoms with Gasteiger partial charge in [0.1, 0.15) is 0 Å². The fourth-order valence-corrected chi connectivity index (χ4v) is 5.55. The van der Waals surface area contributed by atoms with E-state index in [1.807, 2.05) is 6.92 Å². The molecule has 0 amide bonds. The Morgan fingerprint density at radius 2 is 1.07 bits per heavy atom. The lowest BCUT2D eigenvalue weighted by molar-refractivity contribution is 0.269. The van der Waals surface area contributed by atoms with Crippen molar-refractivity contribution in [2.24, 2.45) is 0 Å². The summed E-state index contributed by atoms with van der Waals surface area (Å²) in [5.41, 5.74) is 2.43. The minimum Gasteiger partial charge on any atom is -0.306 e. The van der Waals surface area contributed by atoms with Crippen molar-refractivity contribution in [3.8, 4) is 0 Å². The summed E-state index contributed by atoms with van der Waals surface area (Å²) in [6, 6.07) is 17.6. The molecule has 40 heavy (non-hydrogen) atoms. The van der Waals surface area contributed by atoms with Gasteiger partial charge < -0.3 is 4.90 Å². The Labute approximate surface area is 247 Å². The van der Waals surface area contributed by atoms with Crippen LogP contribution in [-0.2, 0) is 16.5 Å². The van der Waals surface area contributed by atoms with Gasteiger partial charge in [0.25, 0.3) is 10.1 Å². The largest absolute Gasteiger partial charge is 0.306 e. The molecule has 0 aliphatic carbocycles. The van der Waals surface area contributed by atoms with Crippen molar-refractivity contribution >= 4 is 10.1 Å². The van der Waals surface area contributed by atoms with Gasteiger partial charge in [-0.1, -0.05) is 158 Å². The lowest BCUT2D eigenvalue weighted by Gasteiger charge is -2.24. The van der Waals surface area contributed by atoms with Gasteiger partial charge in [-0.3, -0.25) is 4.55 Å². The van der Waals surface area contributed by atoms with Gasteiger partial charge in [0.2, 0.25) is 0 Å². The van der Waals surface area contributed by atoms with Crippen molar-refractivity contribution in [3.63, 3.8) is 0 Å². The second-order valence-corrected chi connectivity index (χ2v) is 13.1. The Balaban J connectivity index is 0.000000603. The molecule has 1 atom stereocenters. The van der Waals surface area contributed by atoms with Crippen molar-refractivity contribution in [2.75, 3.05) is 14.1 Å². The average Bonchev–Trinajstić information content (AvgIpc) is 2.92. The van der Waals surface area contributed by atoms with Gasteiger partial charge in [-0.05, 0) is 51.6 Å². The van der Waals surface area contributed by atoms with E-state index in [0.717, 1.165) is 5.56 Å². The van der Waals surface area contributed by atoms with E-state index < -0.39 is 10.1 Å². The van der Waals surface area contributed by atoms with Crippen LogP contribution in [-0.4, -0.2) is 38.0 Å². The second-order valence-electron chi connectivity index (χ2n) is 11.7. The molecule has 0 spiro atoms. The molecule has 1 N–H and O–H groups in total. The zero-order valence-electron chi connectivity index (χ0n) is 26.1. The zero-order valence-corrected chi connectivity index (χ0v) is 26.9. The Morgan fingerprint density at radius 1 is 0.650 bits per heavy atom. The smallest absolute Gasteiger partial charge is 0.294 e. The fraction of sp³-hybridized carbons (Fsp3) is 0.657. The summed E-state index contributed by atoms with van der Waals surface area (Å²) in [4.78, 5) is 2.35. The van der Waals surface area contributed by atoms with Gasteiger partial charge in [-0.2, -0.15) is 8.42 Å². The van der Waals surface area contributed by atoms with E-state index in [2.05, 4.69) is 56.3 Å². The highest BCUT2D eigenvalue weighted by Crippen LogP contribution is 2.17. The van der Waals surface area contributed by atoms with Gasteiger partial charge >= 0.3 is 0 Å². The fourth-order valence-electron chi connectivity index (χ4n) is 5.07. The number of likely N-dealkylation sites (N-methyl/N-ethyl adjacent to an activating group) is 1. The van der Waals surface area contributed by atoms with Crippen molar-refractivity contribution in [3.05, 3.63) is 65.7 Å². The molecule has 0 fully saturated rings. The lowest BCUT2D eigenvalue weighted by atomic mass is 9.98. The average molecular weight is 574 g/mol. The van der Waals surface area contributed by atoms with Crippen LogP contribution in [0.4, 0.5) is 0 Å². The SMILES string of the molecule is CCCCCCCCCCCCCCCCCCC(Cc1ccccc1)N(C)C.Cc1ccc(S(=O)(=O)O)cc1. The van der Waals surface area contributed by atoms with E-state index in [-0.39, 0.29) is 4.90 Å². The summed E-state index contributed by atoms with van der Waals surface area (Å²) < 4.78 is 29.6. The van der Waals surface area contributed by atoms with E-state index in [4.69, 9.17) is 4.55 Å². The summed E-state index contributed by atoms with van der Waals surface area (Å²) in [6.07, 6.45) is 25.7. The van der Waals surface area contributed by atoms with Crippen LogP contribution in [0.25, 0.3) is 0 Å². The van der Waals surface area contributed by atoms with Gasteiger partial charge in [-0.25, -0.2) is 0 Å². The molecule has 4 nitrogen and oxygen atoms in total. The third-order valence-corrected chi connectivity index (χ3v) is 8.62. The number of rotatable bonds is 21. The van der Waals surface area contributed by atoms with Crippen LogP contribution in [0.2, 0.25) is 0 Å². The summed E-state index contributed by atoms with van der Waals surface area (Å²) in [6.45, 7) is 4.14. The Bertz CT molecular complexity index is 942. The predicted octanol–water partition coefficient (Wildman–Crippen LogP) is 10.1. The number of hydrogen-bond donors (Lipinski definition) is 1. The van der Waals surface area contributed by atoms with Gasteiger partial charge in [-0.15, -0.1) is 0 Å². The van der Waals surface area contributed by atoms with Crippen LogP contribution < -0.4 is 0 Å². The highest BCUT2D eigenvalue weighted by Gasteiger charge is 2.11. The molecule has 2 aromatic carbocycles. The molecule has 0 aromatic heterocycles. The second kappa shape index (κ2) is 22.9. The molecule has 0 radical (unpaired) electrons. The number of aryl methyl sites for hydroxylation is 1. The molecule has 228 valence electrons. The van der Waals surface area contributed by atoms with Gasteiger partial charge in [0, 0.05) is 6.04 Å². The molecule has 0 saturated heterocycles. The minimum atomic E-state index is -4.02. The van der Waals surface area contributed by atoms with E-state index in [1.165, 1.54) is 133 Å². The normalized spacial score (nSPS) is 12.2. The van der Waals surface area contributed by atoms with Crippen LogP contribution in [0, 0.1) is 6.92 Å². The van der Waals surface area contributed by atoms with Gasteiger partial charge in [0.15, 0.2) is 0 Å². The van der Waals surface area contributed by atoms with E-state index in [1.54, 1.807) is 12.1 Å². The first-order chi connectivity index (χ1) is 19.2. The van der Waals surface area contributed by atoms with Crippen molar-refractivity contribution in [1.82, 2.24) is 4.90 Å². The molecule has 5 heteroatoms. The molecule has 0 heterocycles. The first-order valence-corrected chi connectivity index (χ1v) is 17.4. The monoisotopic (exact) mass is 573 g/mol. The predicted molar refractivity (Wildman–Crippen MR) is 173 cm³/mol. The maximum absolute atomic E-state index is 10.5. The summed E-state index contributed by atoms with van der Waals surface area (Å²) in [7, 11) is 0.453. The minimum absolute atomic E-state index is 0.0666. The molecule has 0 aliphatic heterocycles. The van der Waals surface area contributed by atoms with Crippen LogP contribution in [0.1, 0.15) is 127 Å². The number of unbranched alkanes of at least 4 members (excludes halogenated alkanes) is 15. The van der Waals surface area contributed by atoms with Crippen LogP contribution in [0.5, 0.6) is 0 Å². The summed E-state index contributed by atoms with van der Waals surface area (Å²) in [5.74, 6) is 0. The lowest BCUT2D eigenvalue weighted by Crippen LogP contribution is -2.30. The molecule has 2 rings (SSSR count). The highest BCUT2D eigenvalue weighted by atomic mass is 32.2. The maximum atomic E-state index is 10.5. The Hall–Kier alpha value is -1.69. The highest BCUT2D eigenvalue weighted by molar-refractivity contribution is 7.85. The number of hydrogen-bond acceptors (Lipinski definition) is 3. The van der Waals surface area contributed by atoms with Crippen molar-refractivity contribution in [2.45, 2.75) is 140 Å². The van der Waals surface area contributed by atoms with E-state index >= 15 is 0 Å². The van der Waals surface area contributed by atoms with Gasteiger partial charge in [0.05, 0.1) is 4.90 Å². The topological polar surface area (TPSA) is 57.6 Å². The molecule has 0 bridgehead atoms. The standard InChI is InChI=1S/C28H51N.C7H8O3S/c1-4-5-6-7-8-9-10-11-12-13-14-15-16-17-18-22-25-28(29(2)3)26-27-23-20-19-21-24-27;1-6-2-4-7(5-3-6)11(8,9)10/h19-21,23-24,28H,4-18,22,25-26H2,1-3H3;2-5H,1H3,(H,8,9,10). The Morgan fingerprint density at radius 3 is 1.48 bits per heavy atom. The van der Waals surface area contributed by atoms with Crippen LogP contribution in [0.3, 0.4) is 0 Å². The van der Waals surface area contributed by atoms with Crippen LogP contribution in [0.15, 0.2) is 59.5 Å². The molecule has 1 unspecified atom stereocenters. The van der Waals surface area contributed by atoms with E-state index in [9.17, 15) is 8.42 Å². The Kier molecular flexibility index (Phi) is 20.8. The molecule has 0 aliphatic rings. The van der Waals surface area contributed by atoms with E-state index in [0.29, 0.717) is 6.04 Å². The molecular weight excluding hydrogens is 514 g/mol. The third-order valence-electron chi connectivity index (χ3n) is 7.75. The van der Waals surface area contributed by atoms with Crippen LogP contribution >= 0.6 is 0 Å². The summed E-state index contributed by atoms with van der Waals surface area (Å²) in [5, 5.41) is 0.